The third kappa shape index (κ3) is 2.25. The molecule has 0 aliphatic heterocycles. The van der Waals surface area contributed by atoms with Crippen molar-refractivity contribution in [2.24, 2.45) is 0 Å². The van der Waals surface area contributed by atoms with Gasteiger partial charge in [0.2, 0.25) is 0 Å². The van der Waals surface area contributed by atoms with Crippen molar-refractivity contribution < 1.29 is 8.78 Å². The van der Waals surface area contributed by atoms with E-state index in [1.165, 1.54) is 6.07 Å². The van der Waals surface area contributed by atoms with Crippen molar-refractivity contribution in [1.82, 2.24) is 0 Å². The molecule has 1 rings (SSSR count). The van der Waals surface area contributed by atoms with Crippen LogP contribution in [0.25, 0.3) is 0 Å². The van der Waals surface area contributed by atoms with Gasteiger partial charge >= 0.3 is 0 Å². The molecule has 0 atom stereocenters. The van der Waals surface area contributed by atoms with Crippen LogP contribution in [0.4, 0.5) is 8.78 Å². The molecular formula is C9H6BrF2N. The van der Waals surface area contributed by atoms with Gasteiger partial charge < -0.3 is 0 Å². The molecule has 0 fully saturated rings. The van der Waals surface area contributed by atoms with Crippen molar-refractivity contribution in [3.05, 3.63) is 33.5 Å². The van der Waals surface area contributed by atoms with Crippen LogP contribution in [0.2, 0.25) is 0 Å². The standard InChI is InChI=1S/C9H6BrF2N/c10-9-7(1-2-13)3-6(5-11)4-8(9)12/h3-4H,1,5H2. The van der Waals surface area contributed by atoms with Crippen molar-refractivity contribution in [2.45, 2.75) is 13.1 Å². The van der Waals surface area contributed by atoms with E-state index in [-0.39, 0.29) is 16.5 Å². The first-order valence-electron chi connectivity index (χ1n) is 3.58. The van der Waals surface area contributed by atoms with Gasteiger partial charge in [0.1, 0.15) is 12.5 Å². The van der Waals surface area contributed by atoms with Crippen molar-refractivity contribution in [3.8, 4) is 6.07 Å². The molecule has 1 aromatic rings. The minimum Gasteiger partial charge on any atom is -0.246 e. The van der Waals surface area contributed by atoms with Crippen molar-refractivity contribution in [1.29, 1.82) is 5.26 Å². The van der Waals surface area contributed by atoms with Gasteiger partial charge in [0.05, 0.1) is 17.0 Å². The molecule has 13 heavy (non-hydrogen) atoms. The number of alkyl halides is 1. The zero-order valence-corrected chi connectivity index (χ0v) is 8.24. The molecule has 0 spiro atoms. The molecule has 0 heterocycles. The molecule has 0 bridgehead atoms. The summed E-state index contributed by atoms with van der Waals surface area (Å²) in [4.78, 5) is 0. The number of hydrogen-bond donors (Lipinski definition) is 0. The molecule has 4 heteroatoms. The van der Waals surface area contributed by atoms with E-state index in [1.807, 2.05) is 6.07 Å². The highest BCUT2D eigenvalue weighted by Crippen LogP contribution is 2.23. The van der Waals surface area contributed by atoms with E-state index in [9.17, 15) is 8.78 Å². The van der Waals surface area contributed by atoms with E-state index in [0.29, 0.717) is 5.56 Å². The normalized spacial score (nSPS) is 9.69. The summed E-state index contributed by atoms with van der Waals surface area (Å²) in [5.41, 5.74) is 0.737. The fourth-order valence-corrected chi connectivity index (χ4v) is 1.37. The fraction of sp³-hybridized carbons (Fsp3) is 0.222. The van der Waals surface area contributed by atoms with Gasteiger partial charge in [-0.05, 0) is 33.1 Å². The molecule has 0 amide bonds. The van der Waals surface area contributed by atoms with Crippen LogP contribution in [0, 0.1) is 17.1 Å². The van der Waals surface area contributed by atoms with E-state index < -0.39 is 12.5 Å². The lowest BCUT2D eigenvalue weighted by Crippen LogP contribution is -1.91. The number of nitrogens with zero attached hydrogens (tertiary/aromatic N) is 1. The summed E-state index contributed by atoms with van der Waals surface area (Å²) in [5.74, 6) is -0.527. The second-order valence-electron chi connectivity index (χ2n) is 2.52. The summed E-state index contributed by atoms with van der Waals surface area (Å²) in [7, 11) is 0. The van der Waals surface area contributed by atoms with Gasteiger partial charge in [-0.2, -0.15) is 5.26 Å². The zero-order chi connectivity index (χ0) is 9.84. The lowest BCUT2D eigenvalue weighted by Gasteiger charge is -2.03. The number of benzene rings is 1. The largest absolute Gasteiger partial charge is 0.246 e. The molecule has 0 N–H and O–H groups in total. The fourth-order valence-electron chi connectivity index (χ4n) is 0.999. The van der Waals surface area contributed by atoms with Crippen LogP contribution < -0.4 is 0 Å². The zero-order valence-electron chi connectivity index (χ0n) is 6.65. The SMILES string of the molecule is N#CCc1cc(CF)cc(F)c1Br. The molecular weight excluding hydrogens is 240 g/mol. The molecule has 0 aliphatic carbocycles. The van der Waals surface area contributed by atoms with Crippen molar-refractivity contribution in [2.75, 3.05) is 0 Å². The van der Waals surface area contributed by atoms with Gasteiger partial charge in [-0.1, -0.05) is 6.07 Å². The molecule has 0 aromatic heterocycles. The van der Waals surface area contributed by atoms with E-state index in [2.05, 4.69) is 15.9 Å². The van der Waals surface area contributed by atoms with Crippen molar-refractivity contribution >= 4 is 15.9 Å². The minimum absolute atomic E-state index is 0.0747. The van der Waals surface area contributed by atoms with E-state index >= 15 is 0 Å². The summed E-state index contributed by atoms with van der Waals surface area (Å²) in [5, 5.41) is 8.41. The third-order valence-electron chi connectivity index (χ3n) is 1.59. The van der Waals surface area contributed by atoms with Gasteiger partial charge in [-0.15, -0.1) is 0 Å². The first-order valence-corrected chi connectivity index (χ1v) is 4.38. The molecule has 1 aromatic carbocycles. The number of halogens is 3. The van der Waals surface area contributed by atoms with Crippen LogP contribution >= 0.6 is 15.9 Å². The highest BCUT2D eigenvalue weighted by molar-refractivity contribution is 9.10. The molecule has 0 aliphatic rings. The van der Waals surface area contributed by atoms with E-state index in [4.69, 9.17) is 5.26 Å². The van der Waals surface area contributed by atoms with Crippen LogP contribution in [0.1, 0.15) is 11.1 Å². The van der Waals surface area contributed by atoms with Gasteiger partial charge in [0.15, 0.2) is 0 Å². The second-order valence-corrected chi connectivity index (χ2v) is 3.31. The predicted molar refractivity (Wildman–Crippen MR) is 48.2 cm³/mol. The first kappa shape index (κ1) is 10.1. The summed E-state index contributed by atoms with van der Waals surface area (Å²) in [6.45, 7) is -0.720. The molecule has 0 saturated heterocycles. The Kier molecular flexibility index (Phi) is 3.38. The average Bonchev–Trinajstić information content (AvgIpc) is 2.13. The average molecular weight is 246 g/mol. The summed E-state index contributed by atoms with van der Waals surface area (Å²) >= 11 is 3.00. The Morgan fingerprint density at radius 1 is 1.46 bits per heavy atom. The first-order chi connectivity index (χ1) is 6.19. The Morgan fingerprint density at radius 2 is 2.15 bits per heavy atom. The molecule has 0 saturated carbocycles. The van der Waals surface area contributed by atoms with Crippen LogP contribution in [0.5, 0.6) is 0 Å². The van der Waals surface area contributed by atoms with Crippen molar-refractivity contribution in [3.63, 3.8) is 0 Å². The van der Waals surface area contributed by atoms with Gasteiger partial charge in [0, 0.05) is 0 Å². The Labute approximate surface area is 83.1 Å². The van der Waals surface area contributed by atoms with Crippen LogP contribution in [-0.2, 0) is 13.1 Å². The topological polar surface area (TPSA) is 23.8 Å². The van der Waals surface area contributed by atoms with Gasteiger partial charge in [-0.3, -0.25) is 0 Å². The van der Waals surface area contributed by atoms with E-state index in [1.54, 1.807) is 0 Å². The Balaban J connectivity index is 3.18. The summed E-state index contributed by atoms with van der Waals surface area (Å²) < 4.78 is 25.5. The second kappa shape index (κ2) is 4.33. The maximum Gasteiger partial charge on any atom is 0.138 e. The monoisotopic (exact) mass is 245 g/mol. The number of nitriles is 1. The van der Waals surface area contributed by atoms with Gasteiger partial charge in [-0.25, -0.2) is 8.78 Å². The highest BCUT2D eigenvalue weighted by atomic mass is 79.9. The third-order valence-corrected chi connectivity index (χ3v) is 2.48. The number of rotatable bonds is 2. The molecule has 0 radical (unpaired) electrons. The van der Waals surface area contributed by atoms with Crippen LogP contribution in [-0.4, -0.2) is 0 Å². The summed E-state index contributed by atoms with van der Waals surface area (Å²) in [6.07, 6.45) is 0.0747. The Hall–Kier alpha value is -0.950. The highest BCUT2D eigenvalue weighted by Gasteiger charge is 2.07. The quantitative estimate of drug-likeness (QED) is 0.786. The lowest BCUT2D eigenvalue weighted by molar-refractivity contribution is 0.481. The van der Waals surface area contributed by atoms with Crippen LogP contribution in [0.3, 0.4) is 0 Å². The smallest absolute Gasteiger partial charge is 0.138 e. The Morgan fingerprint density at radius 3 is 2.69 bits per heavy atom. The molecule has 0 unspecified atom stereocenters. The van der Waals surface area contributed by atoms with Crippen LogP contribution in [0.15, 0.2) is 16.6 Å². The maximum absolute atomic E-state index is 13.0. The molecule has 68 valence electrons. The minimum atomic E-state index is -0.720. The predicted octanol–water partition coefficient (Wildman–Crippen LogP) is 3.12. The maximum atomic E-state index is 13.0. The summed E-state index contributed by atoms with van der Waals surface area (Å²) in [6, 6.07) is 4.48. The Bertz CT molecular complexity index is 357. The van der Waals surface area contributed by atoms with E-state index in [0.717, 1.165) is 6.07 Å². The van der Waals surface area contributed by atoms with Gasteiger partial charge in [0.25, 0.3) is 0 Å². The number of hydrogen-bond acceptors (Lipinski definition) is 1. The molecule has 1 nitrogen and oxygen atoms in total. The lowest BCUT2D eigenvalue weighted by atomic mass is 10.1.